The van der Waals surface area contributed by atoms with Gasteiger partial charge in [-0.2, -0.15) is 0 Å². The first kappa shape index (κ1) is 14.5. The average molecular weight is 326 g/mol. The Kier molecular flexibility index (Phi) is 4.99. The van der Waals surface area contributed by atoms with Crippen molar-refractivity contribution in [3.63, 3.8) is 0 Å². The first-order valence-electron chi connectivity index (χ1n) is 6.75. The Balaban J connectivity index is 2.04. The van der Waals surface area contributed by atoms with Crippen molar-refractivity contribution in [1.82, 2.24) is 4.90 Å². The van der Waals surface area contributed by atoms with Gasteiger partial charge in [-0.25, -0.2) is 0 Å². The third-order valence-electron chi connectivity index (χ3n) is 3.85. The predicted octanol–water partition coefficient (Wildman–Crippen LogP) is 3.28. The summed E-state index contributed by atoms with van der Waals surface area (Å²) in [5.74, 6) is -0.116. The number of hydrogen-bond acceptors (Lipinski definition) is 2. The van der Waals surface area contributed by atoms with Gasteiger partial charge < -0.3 is 10.0 Å². The molecule has 0 aromatic heterocycles. The minimum atomic E-state index is -0.740. The Bertz CT molecular complexity index is 453. The van der Waals surface area contributed by atoms with Gasteiger partial charge in [-0.05, 0) is 62.5 Å². The van der Waals surface area contributed by atoms with Gasteiger partial charge in [0.2, 0.25) is 0 Å². The van der Waals surface area contributed by atoms with Crippen LogP contribution in [0, 0.1) is 0 Å². The predicted molar refractivity (Wildman–Crippen MR) is 79.6 cm³/mol. The third-order valence-corrected chi connectivity index (χ3v) is 4.54. The number of nitrogens with zero attached hydrogens (tertiary/aromatic N) is 1. The van der Waals surface area contributed by atoms with Crippen LogP contribution in [-0.2, 0) is 11.2 Å². The molecule has 0 unspecified atom stereocenters. The van der Waals surface area contributed by atoms with Gasteiger partial charge >= 0.3 is 5.97 Å². The molecule has 1 N–H and O–H groups in total. The van der Waals surface area contributed by atoms with E-state index in [0.29, 0.717) is 12.3 Å². The van der Waals surface area contributed by atoms with Crippen LogP contribution in [0.3, 0.4) is 0 Å². The Hall–Kier alpha value is -0.870. The molecule has 1 aromatic carbocycles. The van der Waals surface area contributed by atoms with Gasteiger partial charge in [-0.3, -0.25) is 4.79 Å². The lowest BCUT2D eigenvalue weighted by Gasteiger charge is -2.29. The Morgan fingerprint density at radius 3 is 2.68 bits per heavy atom. The molecule has 0 saturated carbocycles. The van der Waals surface area contributed by atoms with Crippen molar-refractivity contribution in [2.24, 2.45) is 0 Å². The SMILES string of the molecule is CN1CCC(c2ccc(CCC(=O)O)cc2Br)CC1. The summed E-state index contributed by atoms with van der Waals surface area (Å²) in [6.45, 7) is 2.30. The standard InChI is InChI=1S/C15H20BrNO2/c1-17-8-6-12(7-9-17)13-4-2-11(10-14(13)16)3-5-15(18)19/h2,4,10,12H,3,5-9H2,1H3,(H,18,19). The molecule has 0 bridgehead atoms. The van der Waals surface area contributed by atoms with Crippen molar-refractivity contribution >= 4 is 21.9 Å². The number of rotatable bonds is 4. The number of benzene rings is 1. The number of likely N-dealkylation sites (tertiary alicyclic amines) is 1. The summed E-state index contributed by atoms with van der Waals surface area (Å²) in [5, 5.41) is 8.71. The van der Waals surface area contributed by atoms with E-state index in [-0.39, 0.29) is 6.42 Å². The molecule has 0 atom stereocenters. The molecule has 1 aromatic rings. The molecule has 4 heteroatoms. The van der Waals surface area contributed by atoms with Gasteiger partial charge in [-0.1, -0.05) is 28.1 Å². The van der Waals surface area contributed by atoms with Crippen LogP contribution < -0.4 is 0 Å². The molecule has 1 aliphatic rings. The van der Waals surface area contributed by atoms with Gasteiger partial charge in [0.05, 0.1) is 0 Å². The van der Waals surface area contributed by atoms with E-state index in [4.69, 9.17) is 5.11 Å². The summed E-state index contributed by atoms with van der Waals surface area (Å²) < 4.78 is 1.13. The van der Waals surface area contributed by atoms with Gasteiger partial charge in [0.25, 0.3) is 0 Å². The molecule has 1 fully saturated rings. The van der Waals surface area contributed by atoms with Crippen LogP contribution in [0.2, 0.25) is 0 Å². The number of halogens is 1. The van der Waals surface area contributed by atoms with Gasteiger partial charge in [-0.15, -0.1) is 0 Å². The Morgan fingerprint density at radius 2 is 2.11 bits per heavy atom. The molecule has 19 heavy (non-hydrogen) atoms. The van der Waals surface area contributed by atoms with Crippen molar-refractivity contribution in [3.05, 3.63) is 33.8 Å². The fourth-order valence-electron chi connectivity index (χ4n) is 2.63. The maximum absolute atomic E-state index is 10.6. The summed E-state index contributed by atoms with van der Waals surface area (Å²) in [6, 6.07) is 6.31. The van der Waals surface area contributed by atoms with Crippen LogP contribution >= 0.6 is 15.9 Å². The molecule has 0 radical (unpaired) electrons. The number of hydrogen-bond donors (Lipinski definition) is 1. The topological polar surface area (TPSA) is 40.5 Å². The number of piperidine rings is 1. The summed E-state index contributed by atoms with van der Waals surface area (Å²) >= 11 is 3.64. The molecule has 3 nitrogen and oxygen atoms in total. The summed E-state index contributed by atoms with van der Waals surface area (Å²) in [5.41, 5.74) is 2.46. The fraction of sp³-hybridized carbons (Fsp3) is 0.533. The van der Waals surface area contributed by atoms with Crippen molar-refractivity contribution in [2.45, 2.75) is 31.6 Å². The van der Waals surface area contributed by atoms with Crippen LogP contribution in [-0.4, -0.2) is 36.1 Å². The average Bonchev–Trinajstić information content (AvgIpc) is 2.38. The second kappa shape index (κ2) is 6.53. The molecule has 104 valence electrons. The van der Waals surface area contributed by atoms with Crippen LogP contribution in [0.25, 0.3) is 0 Å². The van der Waals surface area contributed by atoms with E-state index in [0.717, 1.165) is 23.1 Å². The number of aliphatic carboxylic acids is 1. The van der Waals surface area contributed by atoms with E-state index >= 15 is 0 Å². The second-order valence-electron chi connectivity index (χ2n) is 5.33. The van der Waals surface area contributed by atoms with E-state index in [1.165, 1.54) is 18.4 Å². The minimum absolute atomic E-state index is 0.194. The summed E-state index contributed by atoms with van der Waals surface area (Å²) in [4.78, 5) is 13.0. The number of aryl methyl sites for hydroxylation is 1. The van der Waals surface area contributed by atoms with Gasteiger partial charge in [0.15, 0.2) is 0 Å². The molecule has 1 aliphatic heterocycles. The zero-order chi connectivity index (χ0) is 13.8. The monoisotopic (exact) mass is 325 g/mol. The number of carboxylic acid groups (broad SMARTS) is 1. The molecular formula is C15H20BrNO2. The molecule has 1 heterocycles. The van der Waals surface area contributed by atoms with Crippen molar-refractivity contribution in [3.8, 4) is 0 Å². The van der Waals surface area contributed by atoms with Crippen molar-refractivity contribution in [2.75, 3.05) is 20.1 Å². The smallest absolute Gasteiger partial charge is 0.303 e. The molecule has 0 spiro atoms. The van der Waals surface area contributed by atoms with E-state index in [1.807, 2.05) is 0 Å². The lowest BCUT2D eigenvalue weighted by atomic mass is 9.89. The molecular weight excluding hydrogens is 306 g/mol. The number of carboxylic acids is 1. The normalized spacial score (nSPS) is 17.6. The Labute approximate surface area is 122 Å². The highest BCUT2D eigenvalue weighted by Gasteiger charge is 2.20. The van der Waals surface area contributed by atoms with Gasteiger partial charge in [0.1, 0.15) is 0 Å². The highest BCUT2D eigenvalue weighted by atomic mass is 79.9. The summed E-state index contributed by atoms with van der Waals surface area (Å²) in [7, 11) is 2.17. The van der Waals surface area contributed by atoms with Crippen LogP contribution in [0.4, 0.5) is 0 Å². The maximum atomic E-state index is 10.6. The second-order valence-corrected chi connectivity index (χ2v) is 6.18. The van der Waals surface area contributed by atoms with E-state index in [1.54, 1.807) is 0 Å². The largest absolute Gasteiger partial charge is 0.481 e. The molecule has 2 rings (SSSR count). The zero-order valence-corrected chi connectivity index (χ0v) is 12.8. The fourth-order valence-corrected chi connectivity index (χ4v) is 3.38. The van der Waals surface area contributed by atoms with Crippen LogP contribution in [0.15, 0.2) is 22.7 Å². The zero-order valence-electron chi connectivity index (χ0n) is 11.2. The van der Waals surface area contributed by atoms with E-state index in [2.05, 4.69) is 46.1 Å². The van der Waals surface area contributed by atoms with Crippen molar-refractivity contribution < 1.29 is 9.90 Å². The first-order chi connectivity index (χ1) is 9.06. The summed E-state index contributed by atoms with van der Waals surface area (Å²) in [6.07, 6.45) is 3.19. The number of carbonyl (C=O) groups is 1. The molecule has 0 amide bonds. The van der Waals surface area contributed by atoms with Crippen LogP contribution in [0.1, 0.15) is 36.3 Å². The molecule has 0 aliphatic carbocycles. The molecule has 1 saturated heterocycles. The highest BCUT2D eigenvalue weighted by Crippen LogP contribution is 2.33. The highest BCUT2D eigenvalue weighted by molar-refractivity contribution is 9.10. The van der Waals surface area contributed by atoms with E-state index in [9.17, 15) is 4.79 Å². The first-order valence-corrected chi connectivity index (χ1v) is 7.54. The quantitative estimate of drug-likeness (QED) is 0.923. The maximum Gasteiger partial charge on any atom is 0.303 e. The van der Waals surface area contributed by atoms with Crippen LogP contribution in [0.5, 0.6) is 0 Å². The Morgan fingerprint density at radius 1 is 1.42 bits per heavy atom. The minimum Gasteiger partial charge on any atom is -0.481 e. The third kappa shape index (κ3) is 4.05. The lowest BCUT2D eigenvalue weighted by molar-refractivity contribution is -0.136. The lowest BCUT2D eigenvalue weighted by Crippen LogP contribution is -2.29. The van der Waals surface area contributed by atoms with E-state index < -0.39 is 5.97 Å². The van der Waals surface area contributed by atoms with Crippen molar-refractivity contribution in [1.29, 1.82) is 0 Å². The van der Waals surface area contributed by atoms with Gasteiger partial charge in [0, 0.05) is 10.9 Å².